The number of nitrogens with zero attached hydrogens (tertiary/aromatic N) is 2. The molecule has 18 heavy (non-hydrogen) atoms. The quantitative estimate of drug-likeness (QED) is 0.764. The van der Waals surface area contributed by atoms with Crippen LogP contribution in [-0.4, -0.2) is 29.0 Å². The van der Waals surface area contributed by atoms with Gasteiger partial charge in [-0.05, 0) is 45.4 Å². The average molecular weight is 249 g/mol. The SMILES string of the molecule is CCCNc1cccc(CN(CCC)C(C)C)n1. The van der Waals surface area contributed by atoms with Crippen LogP contribution >= 0.6 is 0 Å². The molecule has 0 bridgehead atoms. The number of nitrogens with one attached hydrogen (secondary N) is 1. The molecule has 1 aromatic rings. The zero-order chi connectivity index (χ0) is 13.4. The van der Waals surface area contributed by atoms with Crippen LogP contribution in [0.15, 0.2) is 18.2 Å². The van der Waals surface area contributed by atoms with Gasteiger partial charge in [0.15, 0.2) is 0 Å². The molecule has 0 atom stereocenters. The molecular formula is C15H27N3. The first-order valence-corrected chi connectivity index (χ1v) is 7.11. The molecule has 0 aliphatic carbocycles. The van der Waals surface area contributed by atoms with E-state index in [1.165, 1.54) is 6.42 Å². The summed E-state index contributed by atoms with van der Waals surface area (Å²) in [6, 6.07) is 6.81. The van der Waals surface area contributed by atoms with Crippen LogP contribution in [0, 0.1) is 0 Å². The van der Waals surface area contributed by atoms with Gasteiger partial charge in [-0.25, -0.2) is 4.98 Å². The van der Waals surface area contributed by atoms with Crippen molar-refractivity contribution in [2.24, 2.45) is 0 Å². The van der Waals surface area contributed by atoms with Gasteiger partial charge in [0.05, 0.1) is 5.69 Å². The molecule has 1 rings (SSSR count). The Balaban J connectivity index is 2.64. The number of hydrogen-bond acceptors (Lipinski definition) is 3. The van der Waals surface area contributed by atoms with Gasteiger partial charge in [-0.15, -0.1) is 0 Å². The molecule has 0 amide bonds. The van der Waals surface area contributed by atoms with Crippen LogP contribution < -0.4 is 5.32 Å². The van der Waals surface area contributed by atoms with E-state index in [9.17, 15) is 0 Å². The Bertz CT molecular complexity index is 336. The van der Waals surface area contributed by atoms with Crippen molar-refractivity contribution in [1.82, 2.24) is 9.88 Å². The van der Waals surface area contributed by atoms with E-state index < -0.39 is 0 Å². The first-order chi connectivity index (χ1) is 8.67. The highest BCUT2D eigenvalue weighted by molar-refractivity contribution is 5.35. The van der Waals surface area contributed by atoms with Gasteiger partial charge in [-0.1, -0.05) is 19.9 Å². The van der Waals surface area contributed by atoms with Gasteiger partial charge in [0.25, 0.3) is 0 Å². The summed E-state index contributed by atoms with van der Waals surface area (Å²) in [5.74, 6) is 0.995. The number of anilines is 1. The number of hydrogen-bond donors (Lipinski definition) is 1. The fourth-order valence-corrected chi connectivity index (χ4v) is 1.93. The minimum atomic E-state index is 0.569. The Kier molecular flexibility index (Phi) is 6.73. The highest BCUT2D eigenvalue weighted by Crippen LogP contribution is 2.10. The summed E-state index contributed by atoms with van der Waals surface area (Å²) in [6.45, 7) is 11.9. The van der Waals surface area contributed by atoms with Crippen LogP contribution in [-0.2, 0) is 6.54 Å². The lowest BCUT2D eigenvalue weighted by molar-refractivity contribution is 0.211. The lowest BCUT2D eigenvalue weighted by atomic mass is 10.2. The Morgan fingerprint density at radius 1 is 1.22 bits per heavy atom. The largest absolute Gasteiger partial charge is 0.370 e. The van der Waals surface area contributed by atoms with Crippen molar-refractivity contribution < 1.29 is 0 Å². The van der Waals surface area contributed by atoms with Crippen LogP contribution in [0.2, 0.25) is 0 Å². The fourth-order valence-electron chi connectivity index (χ4n) is 1.93. The third kappa shape index (κ3) is 5.05. The van der Waals surface area contributed by atoms with E-state index in [0.717, 1.165) is 37.6 Å². The van der Waals surface area contributed by atoms with Gasteiger partial charge in [0.1, 0.15) is 5.82 Å². The summed E-state index contributed by atoms with van der Waals surface area (Å²) in [5, 5.41) is 3.34. The summed E-state index contributed by atoms with van der Waals surface area (Å²) in [6.07, 6.45) is 2.31. The molecule has 0 aromatic carbocycles. The Labute approximate surface area is 112 Å². The Morgan fingerprint density at radius 2 is 2.00 bits per heavy atom. The normalized spacial score (nSPS) is 11.2. The molecule has 0 unspecified atom stereocenters. The topological polar surface area (TPSA) is 28.2 Å². The maximum atomic E-state index is 4.66. The van der Waals surface area contributed by atoms with E-state index in [1.54, 1.807) is 0 Å². The van der Waals surface area contributed by atoms with Crippen LogP contribution in [0.3, 0.4) is 0 Å². The van der Waals surface area contributed by atoms with Gasteiger partial charge in [-0.3, -0.25) is 4.90 Å². The molecule has 0 fully saturated rings. The minimum Gasteiger partial charge on any atom is -0.370 e. The molecule has 0 saturated heterocycles. The summed E-state index contributed by atoms with van der Waals surface area (Å²) >= 11 is 0. The molecule has 0 spiro atoms. The van der Waals surface area contributed by atoms with Crippen molar-refractivity contribution in [2.75, 3.05) is 18.4 Å². The van der Waals surface area contributed by atoms with E-state index in [2.05, 4.69) is 55.0 Å². The zero-order valence-electron chi connectivity index (χ0n) is 12.2. The number of aromatic nitrogens is 1. The summed E-state index contributed by atoms with van der Waals surface area (Å²) in [4.78, 5) is 7.13. The maximum absolute atomic E-state index is 4.66. The third-order valence-corrected chi connectivity index (χ3v) is 2.97. The Morgan fingerprint density at radius 3 is 2.61 bits per heavy atom. The van der Waals surface area contributed by atoms with Crippen molar-refractivity contribution in [3.8, 4) is 0 Å². The lowest BCUT2D eigenvalue weighted by Gasteiger charge is -2.25. The maximum Gasteiger partial charge on any atom is 0.126 e. The fraction of sp³-hybridized carbons (Fsp3) is 0.667. The minimum absolute atomic E-state index is 0.569. The molecule has 3 heteroatoms. The monoisotopic (exact) mass is 249 g/mol. The molecule has 102 valence electrons. The van der Waals surface area contributed by atoms with Crippen LogP contribution in [0.4, 0.5) is 5.82 Å². The molecule has 1 N–H and O–H groups in total. The standard InChI is InChI=1S/C15H27N3/c1-5-10-16-15-9-7-8-14(17-15)12-18(11-6-2)13(3)4/h7-9,13H,5-6,10-12H2,1-4H3,(H,16,17). The van der Waals surface area contributed by atoms with Crippen molar-refractivity contribution in [2.45, 2.75) is 53.1 Å². The summed E-state index contributed by atoms with van der Waals surface area (Å²) in [5.41, 5.74) is 1.15. The molecule has 1 heterocycles. The van der Waals surface area contributed by atoms with Crippen LogP contribution in [0.5, 0.6) is 0 Å². The third-order valence-electron chi connectivity index (χ3n) is 2.97. The van der Waals surface area contributed by atoms with Crippen LogP contribution in [0.25, 0.3) is 0 Å². The van der Waals surface area contributed by atoms with E-state index in [0.29, 0.717) is 6.04 Å². The number of rotatable bonds is 8. The Hall–Kier alpha value is -1.09. The predicted octanol–water partition coefficient (Wildman–Crippen LogP) is 3.52. The summed E-state index contributed by atoms with van der Waals surface area (Å²) in [7, 11) is 0. The van der Waals surface area contributed by atoms with E-state index in [1.807, 2.05) is 6.07 Å². The second-order valence-corrected chi connectivity index (χ2v) is 5.01. The van der Waals surface area contributed by atoms with Crippen molar-refractivity contribution in [3.63, 3.8) is 0 Å². The highest BCUT2D eigenvalue weighted by atomic mass is 15.2. The van der Waals surface area contributed by atoms with Gasteiger partial charge in [0, 0.05) is 19.1 Å². The predicted molar refractivity (Wildman–Crippen MR) is 78.9 cm³/mol. The second kappa shape index (κ2) is 8.09. The molecule has 0 saturated carbocycles. The smallest absolute Gasteiger partial charge is 0.126 e. The van der Waals surface area contributed by atoms with Gasteiger partial charge in [0.2, 0.25) is 0 Å². The van der Waals surface area contributed by atoms with Gasteiger partial charge < -0.3 is 5.32 Å². The molecular weight excluding hydrogens is 222 g/mol. The molecule has 0 aliphatic heterocycles. The van der Waals surface area contributed by atoms with E-state index in [4.69, 9.17) is 0 Å². The average Bonchev–Trinajstić information content (AvgIpc) is 2.36. The van der Waals surface area contributed by atoms with E-state index >= 15 is 0 Å². The molecule has 0 radical (unpaired) electrons. The van der Waals surface area contributed by atoms with Crippen molar-refractivity contribution in [1.29, 1.82) is 0 Å². The van der Waals surface area contributed by atoms with E-state index in [-0.39, 0.29) is 0 Å². The van der Waals surface area contributed by atoms with Crippen molar-refractivity contribution in [3.05, 3.63) is 23.9 Å². The first kappa shape index (κ1) is 15.0. The van der Waals surface area contributed by atoms with Gasteiger partial charge in [-0.2, -0.15) is 0 Å². The second-order valence-electron chi connectivity index (χ2n) is 5.01. The zero-order valence-corrected chi connectivity index (χ0v) is 12.2. The van der Waals surface area contributed by atoms with Gasteiger partial charge >= 0.3 is 0 Å². The number of pyridine rings is 1. The summed E-state index contributed by atoms with van der Waals surface area (Å²) < 4.78 is 0. The first-order valence-electron chi connectivity index (χ1n) is 7.11. The van der Waals surface area contributed by atoms with Crippen LogP contribution in [0.1, 0.15) is 46.2 Å². The lowest BCUT2D eigenvalue weighted by Crippen LogP contribution is -2.31. The van der Waals surface area contributed by atoms with Crippen molar-refractivity contribution >= 4 is 5.82 Å². The molecule has 0 aliphatic rings. The molecule has 3 nitrogen and oxygen atoms in total. The molecule has 1 aromatic heterocycles. The highest BCUT2D eigenvalue weighted by Gasteiger charge is 2.09.